The fourth-order valence-corrected chi connectivity index (χ4v) is 18.2. The van der Waals surface area contributed by atoms with Gasteiger partial charge in [-0.25, -0.2) is 0 Å². The van der Waals surface area contributed by atoms with Gasteiger partial charge in [0.05, 0.1) is 28.1 Å². The average molecular weight is 1250 g/mol. The number of benzene rings is 15. The highest BCUT2D eigenvalue weighted by Crippen LogP contribution is 2.58. The molecule has 15 aromatic carbocycles. The van der Waals surface area contributed by atoms with Gasteiger partial charge in [0.1, 0.15) is 0 Å². The third-order valence-electron chi connectivity index (χ3n) is 20.1. The highest BCUT2D eigenvalue weighted by molar-refractivity contribution is 8.00. The van der Waals surface area contributed by atoms with Crippen LogP contribution in [0.25, 0.3) is 117 Å². The van der Waals surface area contributed by atoms with E-state index in [2.05, 4.69) is 354 Å². The molecule has 16 aromatic rings. The number of fused-ring (bicyclic) bond motifs is 19. The van der Waals surface area contributed by atoms with Crippen molar-refractivity contribution in [3.05, 3.63) is 340 Å². The first-order valence-corrected chi connectivity index (χ1v) is 34.6. The van der Waals surface area contributed by atoms with E-state index >= 15 is 0 Å². The Bertz CT molecular complexity index is 5510. The Balaban J connectivity index is 1.02. The molecule has 4 aliphatic heterocycles. The van der Waals surface area contributed by atoms with Crippen LogP contribution in [0, 0.1) is 0 Å². The number of anilines is 6. The van der Waals surface area contributed by atoms with Crippen molar-refractivity contribution in [1.82, 2.24) is 4.57 Å². The second kappa shape index (κ2) is 22.0. The number of nitrogens with zero attached hydrogens (tertiary/aromatic N) is 3. The molecule has 5 heterocycles. The smallest absolute Gasteiger partial charge is 0.252 e. The summed E-state index contributed by atoms with van der Waals surface area (Å²) in [6, 6.07) is 128. The summed E-state index contributed by atoms with van der Waals surface area (Å²) in [5.74, 6) is 0. The van der Waals surface area contributed by atoms with Crippen LogP contribution >= 0.6 is 23.5 Å². The molecule has 0 bridgehead atoms. The van der Waals surface area contributed by atoms with E-state index < -0.39 is 0 Å². The molecule has 446 valence electrons. The van der Waals surface area contributed by atoms with Crippen LogP contribution < -0.4 is 26.2 Å². The van der Waals surface area contributed by atoms with Crippen LogP contribution in [-0.2, 0) is 0 Å². The van der Waals surface area contributed by atoms with Gasteiger partial charge in [0.25, 0.3) is 6.71 Å². The molecule has 0 saturated heterocycles. The lowest BCUT2D eigenvalue weighted by Crippen LogP contribution is -2.61. The van der Waals surface area contributed by atoms with Gasteiger partial charge in [-0.2, -0.15) is 0 Å². The monoisotopic (exact) mass is 1250 g/mol. The van der Waals surface area contributed by atoms with E-state index in [1.165, 1.54) is 125 Å². The molecular formula is C90H56BN3S2. The van der Waals surface area contributed by atoms with Crippen molar-refractivity contribution in [3.8, 4) is 94.7 Å². The zero-order chi connectivity index (χ0) is 63.0. The lowest BCUT2D eigenvalue weighted by atomic mass is 9.33. The van der Waals surface area contributed by atoms with Crippen LogP contribution in [-0.4, -0.2) is 11.3 Å². The number of hydrogen-bond acceptors (Lipinski definition) is 4. The van der Waals surface area contributed by atoms with Crippen molar-refractivity contribution in [2.24, 2.45) is 0 Å². The van der Waals surface area contributed by atoms with Gasteiger partial charge in [-0.05, 0) is 168 Å². The maximum absolute atomic E-state index is 2.72. The number of hydrogen-bond donors (Lipinski definition) is 0. The second-order valence-electron chi connectivity index (χ2n) is 25.4. The lowest BCUT2D eigenvalue weighted by molar-refractivity contribution is 1.16. The minimum atomic E-state index is -0.298. The van der Waals surface area contributed by atoms with E-state index in [0.717, 1.165) is 61.7 Å². The highest BCUT2D eigenvalue weighted by Gasteiger charge is 2.48. The van der Waals surface area contributed by atoms with Gasteiger partial charge in [0.15, 0.2) is 0 Å². The first kappa shape index (κ1) is 55.0. The van der Waals surface area contributed by atoms with Crippen molar-refractivity contribution < 1.29 is 0 Å². The molecule has 3 nitrogen and oxygen atoms in total. The Labute approximate surface area is 567 Å². The molecule has 0 spiro atoms. The Morgan fingerprint density at radius 1 is 0.229 bits per heavy atom. The van der Waals surface area contributed by atoms with Crippen LogP contribution in [0.3, 0.4) is 0 Å². The molecule has 0 atom stereocenters. The molecule has 4 aliphatic rings. The summed E-state index contributed by atoms with van der Waals surface area (Å²) in [6.07, 6.45) is 0. The molecule has 0 saturated carbocycles. The highest BCUT2D eigenvalue weighted by atomic mass is 32.2. The fourth-order valence-electron chi connectivity index (χ4n) is 15.9. The predicted molar refractivity (Wildman–Crippen MR) is 407 cm³/mol. The van der Waals surface area contributed by atoms with Gasteiger partial charge >= 0.3 is 0 Å². The van der Waals surface area contributed by atoms with E-state index in [9.17, 15) is 0 Å². The van der Waals surface area contributed by atoms with Gasteiger partial charge < -0.3 is 14.4 Å². The summed E-state index contributed by atoms with van der Waals surface area (Å²) < 4.78 is 2.55. The molecule has 0 unspecified atom stereocenters. The fraction of sp³-hybridized carbons (Fsp3) is 0. The van der Waals surface area contributed by atoms with Gasteiger partial charge in [-0.1, -0.05) is 278 Å². The summed E-state index contributed by atoms with van der Waals surface area (Å²) in [5, 5.41) is 2.43. The third-order valence-corrected chi connectivity index (χ3v) is 22.4. The lowest BCUT2D eigenvalue weighted by Gasteiger charge is -2.47. The quantitative estimate of drug-likeness (QED) is 0.159. The van der Waals surface area contributed by atoms with Crippen molar-refractivity contribution >= 4 is 103 Å². The van der Waals surface area contributed by atoms with Gasteiger partial charge in [0.2, 0.25) is 0 Å². The van der Waals surface area contributed by atoms with Gasteiger partial charge in [-0.3, -0.25) is 0 Å². The van der Waals surface area contributed by atoms with E-state index in [1.807, 2.05) is 23.5 Å². The minimum Gasteiger partial charge on any atom is -0.310 e. The molecule has 1 aromatic heterocycles. The molecule has 0 N–H and O–H groups in total. The molecule has 0 fully saturated rings. The maximum atomic E-state index is 2.72. The van der Waals surface area contributed by atoms with Crippen LogP contribution in [0.5, 0.6) is 0 Å². The number of para-hydroxylation sites is 2. The van der Waals surface area contributed by atoms with Crippen molar-refractivity contribution in [2.45, 2.75) is 19.6 Å². The van der Waals surface area contributed by atoms with Crippen LogP contribution in [0.15, 0.2) is 359 Å². The number of aromatic nitrogens is 1. The minimum absolute atomic E-state index is 0.298. The molecule has 6 heteroatoms. The van der Waals surface area contributed by atoms with E-state index in [-0.39, 0.29) is 6.71 Å². The maximum Gasteiger partial charge on any atom is 0.252 e. The summed E-state index contributed by atoms with van der Waals surface area (Å²) >= 11 is 3.74. The first-order valence-electron chi connectivity index (χ1n) is 33.0. The SMILES string of the molecule is c1ccc(-c2ccc3c(c2)-c2ccccc2Sc2ccccc2-c2cc(-c4ccccc4)cc4c2N3c2cc(-n3c5ccccc5c5ccccc53)cc3c2B4c2cc(-c4ccccc4)cc4c2N3c2ccc(-c3ccccc3)cc2-c2ccccc2Sc2ccccc2-4)cc1. The summed E-state index contributed by atoms with van der Waals surface area (Å²) in [5.41, 5.74) is 32.7. The van der Waals surface area contributed by atoms with Crippen molar-refractivity contribution in [2.75, 3.05) is 9.80 Å². The van der Waals surface area contributed by atoms with Crippen LogP contribution in [0.2, 0.25) is 0 Å². The summed E-state index contributed by atoms with van der Waals surface area (Å²) in [4.78, 5) is 10.2. The van der Waals surface area contributed by atoms with Crippen molar-refractivity contribution in [3.63, 3.8) is 0 Å². The molecular weight excluding hydrogens is 1200 g/mol. The zero-order valence-electron chi connectivity index (χ0n) is 52.1. The Kier molecular flexibility index (Phi) is 12.6. The molecule has 20 rings (SSSR count). The predicted octanol–water partition coefficient (Wildman–Crippen LogP) is 23.1. The second-order valence-corrected chi connectivity index (χ2v) is 27.6. The topological polar surface area (TPSA) is 11.4 Å². The van der Waals surface area contributed by atoms with Gasteiger partial charge in [-0.15, -0.1) is 0 Å². The standard InChI is InChI=1S/C90H56BN3S2/c1-5-25-57(26-6-1)61-45-47-80-72(49-61)68-35-15-21-41-84(68)95-86-43-23-17-37-70(86)74-51-63(59-29-9-3-10-30-59)53-76-89(74)93(80)82-55-65(92-78-39-19-13-33-66(78)67-34-14-20-40-79(67)92)56-83-88(82)91(76)77-54-64(60-31-11-4-12-32-60)52-75-71-38-18-24-44-87(71)96-85-42-22-16-36-69(85)73-50-62(58-27-7-2-8-28-58)46-48-81(73)94(83)90(75)77/h1-56H. The van der Waals surface area contributed by atoms with Gasteiger partial charge in [0, 0.05) is 75.4 Å². The Morgan fingerprint density at radius 3 is 0.948 bits per heavy atom. The third kappa shape index (κ3) is 8.59. The zero-order valence-corrected chi connectivity index (χ0v) is 53.7. The summed E-state index contributed by atoms with van der Waals surface area (Å²) in [7, 11) is 0. The average Bonchev–Trinajstić information content (AvgIpc) is 0.693. The largest absolute Gasteiger partial charge is 0.310 e. The first-order chi connectivity index (χ1) is 47.6. The summed E-state index contributed by atoms with van der Waals surface area (Å²) in [6.45, 7) is -0.298. The molecule has 0 radical (unpaired) electrons. The van der Waals surface area contributed by atoms with E-state index in [1.54, 1.807) is 0 Å². The van der Waals surface area contributed by atoms with Crippen LogP contribution in [0.4, 0.5) is 34.1 Å². The van der Waals surface area contributed by atoms with Crippen LogP contribution in [0.1, 0.15) is 0 Å². The van der Waals surface area contributed by atoms with E-state index in [0.29, 0.717) is 0 Å². The molecule has 96 heavy (non-hydrogen) atoms. The Morgan fingerprint density at radius 2 is 0.552 bits per heavy atom. The van der Waals surface area contributed by atoms with Crippen molar-refractivity contribution in [1.29, 1.82) is 0 Å². The molecule has 0 amide bonds. The van der Waals surface area contributed by atoms with E-state index in [4.69, 9.17) is 0 Å². The molecule has 0 aliphatic carbocycles. The normalized spacial score (nSPS) is 12.9. The Hall–Kier alpha value is -11.5. The number of rotatable bonds is 5.